The van der Waals surface area contributed by atoms with Gasteiger partial charge in [-0.3, -0.25) is 9.59 Å². The minimum Gasteiger partial charge on any atom is -0.465 e. The summed E-state index contributed by atoms with van der Waals surface area (Å²) in [6.45, 7) is 3.69. The Morgan fingerprint density at radius 2 is 2.21 bits per heavy atom. The van der Waals surface area contributed by atoms with Gasteiger partial charge in [0.25, 0.3) is 0 Å². The second kappa shape index (κ2) is 5.87. The largest absolute Gasteiger partial charge is 0.465 e. The van der Waals surface area contributed by atoms with Crippen LogP contribution >= 0.6 is 15.9 Å². The number of hydrogen-bond acceptors (Lipinski definition) is 3. The molecule has 0 bridgehead atoms. The molecule has 0 aliphatic heterocycles. The Kier molecular flexibility index (Phi) is 4.40. The molecule has 1 aliphatic rings. The molecule has 0 aromatic heterocycles. The average Bonchev–Trinajstić information content (AvgIpc) is 2.80. The van der Waals surface area contributed by atoms with Gasteiger partial charge in [-0.2, -0.15) is 0 Å². The van der Waals surface area contributed by atoms with Crippen molar-refractivity contribution in [3.63, 3.8) is 0 Å². The maximum absolute atomic E-state index is 12.4. The Labute approximate surface area is 121 Å². The summed E-state index contributed by atoms with van der Waals surface area (Å²) in [7, 11) is 0. The Bertz CT molecular complexity index is 510. The lowest BCUT2D eigenvalue weighted by molar-refractivity contribution is -0.151. The molecule has 0 fully saturated rings. The molecule has 0 amide bonds. The molecule has 0 saturated carbocycles. The normalized spacial score (nSPS) is 18.8. The number of halogens is 1. The topological polar surface area (TPSA) is 43.4 Å². The summed E-state index contributed by atoms with van der Waals surface area (Å²) in [6, 6.07) is 6.02. The van der Waals surface area contributed by atoms with Gasteiger partial charge in [0.05, 0.1) is 6.61 Å². The Balaban J connectivity index is 2.19. The molecule has 1 aliphatic carbocycles. The predicted molar refractivity (Wildman–Crippen MR) is 76.0 cm³/mol. The minimum absolute atomic E-state index is 0.0321. The van der Waals surface area contributed by atoms with Crippen LogP contribution in [0.1, 0.15) is 37.3 Å². The van der Waals surface area contributed by atoms with Crippen LogP contribution in [0.25, 0.3) is 0 Å². The van der Waals surface area contributed by atoms with Crippen LogP contribution in [0.5, 0.6) is 0 Å². The highest BCUT2D eigenvalue weighted by Gasteiger charge is 2.34. The number of Topliss-reactive ketones (excluding diaryl/α,β-unsaturated/α-hetero) is 1. The average molecular weight is 325 g/mol. The summed E-state index contributed by atoms with van der Waals surface area (Å²) in [4.78, 5) is 24.1. The molecule has 3 nitrogen and oxygen atoms in total. The van der Waals surface area contributed by atoms with Crippen LogP contribution in [0, 0.1) is 5.92 Å². The molecule has 0 heterocycles. The lowest BCUT2D eigenvalue weighted by Crippen LogP contribution is -2.27. The van der Waals surface area contributed by atoms with Crippen molar-refractivity contribution in [1.82, 2.24) is 0 Å². The van der Waals surface area contributed by atoms with Crippen LogP contribution in [-0.4, -0.2) is 18.4 Å². The highest BCUT2D eigenvalue weighted by Crippen LogP contribution is 2.37. The van der Waals surface area contributed by atoms with Crippen molar-refractivity contribution in [1.29, 1.82) is 0 Å². The van der Waals surface area contributed by atoms with Crippen LogP contribution < -0.4 is 0 Å². The fourth-order valence-corrected chi connectivity index (χ4v) is 2.93. The first-order valence-electron chi connectivity index (χ1n) is 6.53. The molecule has 2 atom stereocenters. The maximum Gasteiger partial charge on any atom is 0.316 e. The zero-order valence-corrected chi connectivity index (χ0v) is 12.7. The van der Waals surface area contributed by atoms with Gasteiger partial charge < -0.3 is 4.74 Å². The monoisotopic (exact) mass is 324 g/mol. The van der Waals surface area contributed by atoms with E-state index in [-0.39, 0.29) is 11.7 Å². The molecule has 4 heteroatoms. The van der Waals surface area contributed by atoms with E-state index in [0.717, 1.165) is 22.9 Å². The summed E-state index contributed by atoms with van der Waals surface area (Å²) in [5.74, 6) is -1.31. The number of carbonyl (C=O) groups excluding carboxylic acids is 2. The molecule has 1 aromatic carbocycles. The van der Waals surface area contributed by atoms with Gasteiger partial charge in [-0.1, -0.05) is 22.0 Å². The smallest absolute Gasteiger partial charge is 0.316 e. The van der Waals surface area contributed by atoms with Gasteiger partial charge in [-0.05, 0) is 49.9 Å². The van der Waals surface area contributed by atoms with Crippen molar-refractivity contribution >= 4 is 27.7 Å². The van der Waals surface area contributed by atoms with Gasteiger partial charge in [0.2, 0.25) is 0 Å². The van der Waals surface area contributed by atoms with E-state index in [4.69, 9.17) is 4.74 Å². The van der Waals surface area contributed by atoms with Crippen LogP contribution in [0.3, 0.4) is 0 Å². The van der Waals surface area contributed by atoms with Crippen LogP contribution in [0.15, 0.2) is 22.7 Å². The van der Waals surface area contributed by atoms with Gasteiger partial charge in [0, 0.05) is 10.4 Å². The van der Waals surface area contributed by atoms with E-state index in [9.17, 15) is 9.59 Å². The molecular formula is C15H17BrO3. The number of ketones is 1. The lowest BCUT2D eigenvalue weighted by Gasteiger charge is -2.15. The fraction of sp³-hybridized carbons (Fsp3) is 0.467. The standard InChI is InChI=1S/C15H17BrO3/c1-3-19-15(18)9(2)14(17)12-7-5-10-4-6-11(16)8-13(10)12/h4,6,8-9,12H,3,5,7H2,1-2H3. The summed E-state index contributed by atoms with van der Waals surface area (Å²) >= 11 is 3.43. The molecule has 102 valence electrons. The van der Waals surface area contributed by atoms with Crippen molar-refractivity contribution < 1.29 is 14.3 Å². The van der Waals surface area contributed by atoms with E-state index in [1.165, 1.54) is 5.56 Å². The quantitative estimate of drug-likeness (QED) is 0.630. The van der Waals surface area contributed by atoms with E-state index in [0.29, 0.717) is 6.61 Å². The number of rotatable bonds is 4. The van der Waals surface area contributed by atoms with Crippen molar-refractivity contribution in [3.05, 3.63) is 33.8 Å². The molecule has 1 aromatic rings. The summed E-state index contributed by atoms with van der Waals surface area (Å²) in [5, 5.41) is 0. The van der Waals surface area contributed by atoms with Crippen molar-refractivity contribution in [2.24, 2.45) is 5.92 Å². The minimum atomic E-state index is -0.685. The first kappa shape index (κ1) is 14.3. The molecular weight excluding hydrogens is 308 g/mol. The number of carbonyl (C=O) groups is 2. The first-order chi connectivity index (χ1) is 9.04. The fourth-order valence-electron chi connectivity index (χ4n) is 2.55. The summed E-state index contributed by atoms with van der Waals surface area (Å²) < 4.78 is 5.89. The number of ether oxygens (including phenoxy) is 1. The van der Waals surface area contributed by atoms with Crippen LogP contribution in [0.2, 0.25) is 0 Å². The SMILES string of the molecule is CCOC(=O)C(C)C(=O)C1CCc2ccc(Br)cc21. The van der Waals surface area contributed by atoms with Crippen LogP contribution in [-0.2, 0) is 20.7 Å². The van der Waals surface area contributed by atoms with E-state index in [2.05, 4.69) is 15.9 Å². The first-order valence-corrected chi connectivity index (χ1v) is 7.32. The van der Waals surface area contributed by atoms with Gasteiger partial charge >= 0.3 is 5.97 Å². The molecule has 2 rings (SSSR count). The maximum atomic E-state index is 12.4. The van der Waals surface area contributed by atoms with E-state index in [1.807, 2.05) is 18.2 Å². The Morgan fingerprint density at radius 3 is 2.89 bits per heavy atom. The third-order valence-corrected chi connectivity index (χ3v) is 4.09. The Morgan fingerprint density at radius 1 is 1.47 bits per heavy atom. The van der Waals surface area contributed by atoms with Gasteiger partial charge in [0.15, 0.2) is 5.78 Å². The van der Waals surface area contributed by atoms with E-state index >= 15 is 0 Å². The third kappa shape index (κ3) is 2.89. The summed E-state index contributed by atoms with van der Waals surface area (Å²) in [6.07, 6.45) is 1.68. The van der Waals surface area contributed by atoms with Gasteiger partial charge in [-0.15, -0.1) is 0 Å². The molecule has 19 heavy (non-hydrogen) atoms. The number of esters is 1. The highest BCUT2D eigenvalue weighted by molar-refractivity contribution is 9.10. The lowest BCUT2D eigenvalue weighted by atomic mass is 9.89. The molecule has 0 radical (unpaired) electrons. The van der Waals surface area contributed by atoms with Gasteiger partial charge in [0.1, 0.15) is 5.92 Å². The predicted octanol–water partition coefficient (Wildman–Crippen LogP) is 3.25. The molecule has 2 unspecified atom stereocenters. The zero-order valence-electron chi connectivity index (χ0n) is 11.1. The second-order valence-corrected chi connectivity index (χ2v) is 5.73. The molecule has 0 spiro atoms. The Hall–Kier alpha value is -1.16. The van der Waals surface area contributed by atoms with Crippen molar-refractivity contribution in [2.75, 3.05) is 6.61 Å². The number of hydrogen-bond donors (Lipinski definition) is 0. The van der Waals surface area contributed by atoms with E-state index in [1.54, 1.807) is 13.8 Å². The number of fused-ring (bicyclic) bond motifs is 1. The molecule has 0 saturated heterocycles. The summed E-state index contributed by atoms with van der Waals surface area (Å²) in [5.41, 5.74) is 2.26. The number of aryl methyl sites for hydroxylation is 1. The number of benzene rings is 1. The van der Waals surface area contributed by atoms with E-state index < -0.39 is 11.9 Å². The second-order valence-electron chi connectivity index (χ2n) is 4.81. The van der Waals surface area contributed by atoms with Crippen molar-refractivity contribution in [3.8, 4) is 0 Å². The van der Waals surface area contributed by atoms with Gasteiger partial charge in [-0.25, -0.2) is 0 Å². The third-order valence-electron chi connectivity index (χ3n) is 3.60. The highest BCUT2D eigenvalue weighted by atomic mass is 79.9. The zero-order chi connectivity index (χ0) is 14.0. The van der Waals surface area contributed by atoms with Crippen LogP contribution in [0.4, 0.5) is 0 Å². The van der Waals surface area contributed by atoms with Crippen molar-refractivity contribution in [2.45, 2.75) is 32.6 Å². The molecule has 0 N–H and O–H groups in total.